The van der Waals surface area contributed by atoms with Gasteiger partial charge in [-0.15, -0.1) is 4.83 Å². The van der Waals surface area contributed by atoms with Crippen molar-refractivity contribution in [2.24, 2.45) is 0 Å². The molecule has 1 fully saturated rings. The molecule has 0 radical (unpaired) electrons. The van der Waals surface area contributed by atoms with E-state index in [2.05, 4.69) is 5.32 Å². The Bertz CT molecular complexity index is 725. The predicted octanol–water partition coefficient (Wildman–Crippen LogP) is -0.523. The fourth-order valence-corrected chi connectivity index (χ4v) is 2.47. The number of carbonyl (C=O) groups is 3. The third-order valence-electron chi connectivity index (χ3n) is 2.97. The average molecular weight is 325 g/mol. The van der Waals surface area contributed by atoms with Gasteiger partial charge in [-0.1, -0.05) is 12.1 Å². The van der Waals surface area contributed by atoms with Crippen molar-refractivity contribution in [2.45, 2.75) is 30.7 Å². The topological polar surface area (TPSA) is 121 Å². The number of hydrogen-bond donors (Lipinski definition) is 3. The fourth-order valence-electron chi connectivity index (χ4n) is 1.59. The van der Waals surface area contributed by atoms with Gasteiger partial charge < -0.3 is 5.32 Å². The molecule has 9 heteroatoms. The smallest absolute Gasteiger partial charge is 0.324 e. The molecule has 0 spiro atoms. The summed E-state index contributed by atoms with van der Waals surface area (Å²) in [6, 6.07) is 5.32. The number of carbonyl (C=O) groups excluding carboxylic acids is 3. The van der Waals surface area contributed by atoms with E-state index in [1.54, 1.807) is 0 Å². The van der Waals surface area contributed by atoms with Crippen molar-refractivity contribution in [3.8, 4) is 0 Å². The van der Waals surface area contributed by atoms with Crippen molar-refractivity contribution >= 4 is 27.6 Å². The van der Waals surface area contributed by atoms with Gasteiger partial charge in [0.05, 0.1) is 4.90 Å². The van der Waals surface area contributed by atoms with E-state index in [1.807, 2.05) is 10.3 Å². The van der Waals surface area contributed by atoms with Gasteiger partial charge in [-0.2, -0.15) is 0 Å². The van der Waals surface area contributed by atoms with Crippen molar-refractivity contribution in [2.75, 3.05) is 0 Å². The second-order valence-corrected chi connectivity index (χ2v) is 6.57. The summed E-state index contributed by atoms with van der Waals surface area (Å²) in [5.74, 6) is -2.29. The molecule has 1 aliphatic carbocycles. The lowest BCUT2D eigenvalue weighted by Crippen LogP contribution is -2.48. The van der Waals surface area contributed by atoms with Crippen LogP contribution < -0.4 is 15.6 Å². The van der Waals surface area contributed by atoms with E-state index in [0.29, 0.717) is 0 Å². The van der Waals surface area contributed by atoms with Gasteiger partial charge in [0.15, 0.2) is 5.78 Å². The Balaban J connectivity index is 2.01. The molecule has 1 aliphatic rings. The molecule has 2 rings (SSSR count). The van der Waals surface area contributed by atoms with Crippen LogP contribution in [0.2, 0.25) is 0 Å². The zero-order valence-electron chi connectivity index (χ0n) is 11.8. The van der Waals surface area contributed by atoms with E-state index in [1.165, 1.54) is 31.2 Å². The SMILES string of the molecule is CC(=O)c1cccc(S(=O)(=O)NNC(=O)C(=O)NC2CC2)c1. The first-order chi connectivity index (χ1) is 10.3. The zero-order valence-corrected chi connectivity index (χ0v) is 12.6. The maximum atomic E-state index is 12.0. The number of ketones is 1. The molecule has 2 amide bonds. The van der Waals surface area contributed by atoms with Crippen molar-refractivity contribution in [3.05, 3.63) is 29.8 Å². The lowest BCUT2D eigenvalue weighted by atomic mass is 10.2. The van der Waals surface area contributed by atoms with E-state index in [-0.39, 0.29) is 22.3 Å². The molecule has 0 unspecified atom stereocenters. The van der Waals surface area contributed by atoms with Gasteiger partial charge in [0.25, 0.3) is 10.0 Å². The van der Waals surface area contributed by atoms with Crippen molar-refractivity contribution in [1.29, 1.82) is 0 Å². The molecule has 0 aliphatic heterocycles. The number of nitrogens with one attached hydrogen (secondary N) is 3. The molecule has 0 aromatic heterocycles. The molecule has 0 heterocycles. The normalized spacial score (nSPS) is 14.2. The molecule has 1 saturated carbocycles. The summed E-state index contributed by atoms with van der Waals surface area (Å²) in [7, 11) is -4.07. The number of benzene rings is 1. The molecule has 8 nitrogen and oxygen atoms in total. The zero-order chi connectivity index (χ0) is 16.3. The van der Waals surface area contributed by atoms with Crippen LogP contribution in [0.1, 0.15) is 30.1 Å². The van der Waals surface area contributed by atoms with Crippen LogP contribution in [0.5, 0.6) is 0 Å². The van der Waals surface area contributed by atoms with Crippen LogP contribution in [0.15, 0.2) is 29.2 Å². The maximum Gasteiger partial charge on any atom is 0.324 e. The van der Waals surface area contributed by atoms with Gasteiger partial charge in [0.1, 0.15) is 0 Å². The van der Waals surface area contributed by atoms with E-state index in [4.69, 9.17) is 0 Å². The summed E-state index contributed by atoms with van der Waals surface area (Å²) in [5, 5.41) is 2.42. The molecule has 1 aromatic rings. The second kappa shape index (κ2) is 6.24. The molecule has 0 saturated heterocycles. The summed E-state index contributed by atoms with van der Waals surface area (Å²) in [6.45, 7) is 1.31. The minimum atomic E-state index is -4.07. The molecular weight excluding hydrogens is 310 g/mol. The molecule has 0 atom stereocenters. The van der Waals surface area contributed by atoms with Gasteiger partial charge in [0.2, 0.25) is 0 Å². The lowest BCUT2D eigenvalue weighted by Gasteiger charge is -2.09. The average Bonchev–Trinajstić information content (AvgIpc) is 3.28. The Morgan fingerprint density at radius 3 is 2.41 bits per heavy atom. The third kappa shape index (κ3) is 4.12. The van der Waals surface area contributed by atoms with Gasteiger partial charge in [0, 0.05) is 11.6 Å². The Morgan fingerprint density at radius 2 is 1.82 bits per heavy atom. The monoisotopic (exact) mass is 325 g/mol. The highest BCUT2D eigenvalue weighted by atomic mass is 32.2. The summed E-state index contributed by atoms with van der Waals surface area (Å²) in [6.07, 6.45) is 1.62. The van der Waals surface area contributed by atoms with Crippen molar-refractivity contribution in [3.63, 3.8) is 0 Å². The van der Waals surface area contributed by atoms with E-state index in [0.717, 1.165) is 12.8 Å². The quantitative estimate of drug-likeness (QED) is 0.382. The first kappa shape index (κ1) is 16.1. The molecular formula is C13H15N3O5S. The predicted molar refractivity (Wildman–Crippen MR) is 76.1 cm³/mol. The number of Topliss-reactive ketones (excluding diaryl/α,β-unsaturated/α-hetero) is 1. The first-order valence-corrected chi connectivity index (χ1v) is 8.01. The number of hydrazine groups is 1. The van der Waals surface area contributed by atoms with Crippen LogP contribution >= 0.6 is 0 Å². The second-order valence-electron chi connectivity index (χ2n) is 4.89. The van der Waals surface area contributed by atoms with E-state index in [9.17, 15) is 22.8 Å². The summed E-state index contributed by atoms with van der Waals surface area (Å²) >= 11 is 0. The minimum Gasteiger partial charge on any atom is -0.345 e. The number of rotatable bonds is 5. The number of hydrogen-bond acceptors (Lipinski definition) is 5. The highest BCUT2D eigenvalue weighted by Crippen LogP contribution is 2.18. The van der Waals surface area contributed by atoms with Crippen LogP contribution in [-0.4, -0.2) is 32.1 Å². The molecule has 0 bridgehead atoms. The molecule has 22 heavy (non-hydrogen) atoms. The fraction of sp³-hybridized carbons (Fsp3) is 0.308. The summed E-state index contributed by atoms with van der Waals surface area (Å²) in [4.78, 5) is 35.7. The maximum absolute atomic E-state index is 12.0. The molecule has 3 N–H and O–H groups in total. The van der Waals surface area contributed by atoms with Crippen LogP contribution in [0, 0.1) is 0 Å². The van der Waals surface area contributed by atoms with Crippen LogP contribution in [0.25, 0.3) is 0 Å². The van der Waals surface area contributed by atoms with Gasteiger partial charge in [-0.3, -0.25) is 19.8 Å². The Morgan fingerprint density at radius 1 is 1.14 bits per heavy atom. The summed E-state index contributed by atoms with van der Waals surface area (Å²) in [5.41, 5.74) is 2.05. The number of sulfonamides is 1. The van der Waals surface area contributed by atoms with Crippen LogP contribution in [0.3, 0.4) is 0 Å². The van der Waals surface area contributed by atoms with Gasteiger partial charge in [-0.05, 0) is 31.9 Å². The van der Waals surface area contributed by atoms with Gasteiger partial charge in [-0.25, -0.2) is 8.42 Å². The third-order valence-corrected chi connectivity index (χ3v) is 4.21. The van der Waals surface area contributed by atoms with Crippen LogP contribution in [-0.2, 0) is 19.6 Å². The molecule has 118 valence electrons. The van der Waals surface area contributed by atoms with Crippen LogP contribution in [0.4, 0.5) is 0 Å². The Labute approximate surface area is 127 Å². The first-order valence-electron chi connectivity index (χ1n) is 6.53. The lowest BCUT2D eigenvalue weighted by molar-refractivity contribution is -0.139. The van der Waals surface area contributed by atoms with Gasteiger partial charge >= 0.3 is 11.8 Å². The van der Waals surface area contributed by atoms with Crippen molar-refractivity contribution < 1.29 is 22.8 Å². The highest BCUT2D eigenvalue weighted by Gasteiger charge is 2.27. The van der Waals surface area contributed by atoms with E-state index >= 15 is 0 Å². The Hall–Kier alpha value is -2.26. The molecule has 1 aromatic carbocycles. The largest absolute Gasteiger partial charge is 0.345 e. The van der Waals surface area contributed by atoms with Crippen molar-refractivity contribution in [1.82, 2.24) is 15.6 Å². The van der Waals surface area contributed by atoms with E-state index < -0.39 is 21.8 Å². The Kier molecular flexibility index (Phi) is 4.57. The number of amides is 2. The standard InChI is InChI=1S/C13H15N3O5S/c1-8(17)9-3-2-4-11(7-9)22(20,21)16-15-13(19)12(18)14-10-5-6-10/h2-4,7,10,16H,5-6H2,1H3,(H,14,18)(H,15,19). The minimum absolute atomic E-state index is 0.0119. The highest BCUT2D eigenvalue weighted by molar-refractivity contribution is 7.89. The summed E-state index contributed by atoms with van der Waals surface area (Å²) < 4.78 is 24.0.